The fourth-order valence-corrected chi connectivity index (χ4v) is 5.48. The molecule has 1 aliphatic rings. The van der Waals surface area contributed by atoms with E-state index in [0.717, 1.165) is 24.8 Å². The van der Waals surface area contributed by atoms with Crippen LogP contribution in [0, 0.1) is 6.92 Å². The summed E-state index contributed by atoms with van der Waals surface area (Å²) in [5.41, 5.74) is 5.77. The van der Waals surface area contributed by atoms with E-state index in [1.165, 1.54) is 29.6 Å². The zero-order chi connectivity index (χ0) is 25.4. The summed E-state index contributed by atoms with van der Waals surface area (Å²) < 4.78 is 38.4. The number of halogens is 1. The highest BCUT2D eigenvalue weighted by molar-refractivity contribution is 7.89. The molecule has 0 radical (unpaired) electrons. The lowest BCUT2D eigenvalue weighted by molar-refractivity contribution is -0.128. The second-order valence-corrected chi connectivity index (χ2v) is 10.3. The minimum atomic E-state index is -3.73. The average molecular weight is 522 g/mol. The van der Waals surface area contributed by atoms with Crippen molar-refractivity contribution in [2.75, 3.05) is 26.8 Å². The number of hydrogen-bond donors (Lipinski definition) is 2. The summed E-state index contributed by atoms with van der Waals surface area (Å²) in [7, 11) is -2.32. The smallest absolute Gasteiger partial charge is 0.276 e. The van der Waals surface area contributed by atoms with Crippen LogP contribution in [0.3, 0.4) is 0 Å². The third-order valence-electron chi connectivity index (χ3n) is 5.37. The van der Waals surface area contributed by atoms with Crippen LogP contribution >= 0.6 is 11.6 Å². The predicted molar refractivity (Wildman–Crippen MR) is 133 cm³/mol. The molecule has 2 N–H and O–H groups in total. The van der Waals surface area contributed by atoms with Crippen LogP contribution in [0.25, 0.3) is 6.08 Å². The molecular formula is C24H28ClN3O6S. The molecule has 1 aliphatic heterocycles. The van der Waals surface area contributed by atoms with Crippen LogP contribution in [0.2, 0.25) is 5.02 Å². The van der Waals surface area contributed by atoms with E-state index in [-0.39, 0.29) is 17.3 Å². The molecule has 35 heavy (non-hydrogen) atoms. The van der Waals surface area contributed by atoms with Gasteiger partial charge in [0.1, 0.15) is 16.4 Å². The number of amides is 2. The molecule has 1 fully saturated rings. The van der Waals surface area contributed by atoms with Crippen LogP contribution in [0.5, 0.6) is 11.5 Å². The van der Waals surface area contributed by atoms with Gasteiger partial charge < -0.3 is 9.47 Å². The number of carbonyl (C=O) groups is 2. The molecule has 3 rings (SSSR count). The van der Waals surface area contributed by atoms with Crippen LogP contribution < -0.4 is 20.3 Å². The van der Waals surface area contributed by atoms with Gasteiger partial charge in [0.25, 0.3) is 11.8 Å². The Bertz CT molecular complexity index is 1210. The number of nitrogens with one attached hydrogen (secondary N) is 2. The zero-order valence-electron chi connectivity index (χ0n) is 19.5. The summed E-state index contributed by atoms with van der Waals surface area (Å²) in [6, 6.07) is 9.67. The first-order valence-corrected chi connectivity index (χ1v) is 12.9. The summed E-state index contributed by atoms with van der Waals surface area (Å²) in [4.78, 5) is 24.1. The van der Waals surface area contributed by atoms with Gasteiger partial charge in [-0.15, -0.1) is 0 Å². The number of carbonyl (C=O) groups excluding carboxylic acids is 2. The first-order chi connectivity index (χ1) is 16.7. The SMILES string of the molecule is COc1ccc(C=CC(=O)NNC(=O)COc2ccc(Cl)cc2C)cc1S(=O)(=O)N1CCCCC1. The Morgan fingerprint density at radius 1 is 1.06 bits per heavy atom. The highest BCUT2D eigenvalue weighted by atomic mass is 35.5. The summed E-state index contributed by atoms with van der Waals surface area (Å²) in [5.74, 6) is -0.413. The minimum absolute atomic E-state index is 0.0485. The lowest BCUT2D eigenvalue weighted by Gasteiger charge is -2.26. The van der Waals surface area contributed by atoms with Crippen LogP contribution in [0.4, 0.5) is 0 Å². The number of hydrogen-bond acceptors (Lipinski definition) is 6. The fraction of sp³-hybridized carbons (Fsp3) is 0.333. The highest BCUT2D eigenvalue weighted by Gasteiger charge is 2.29. The number of rotatable bonds is 8. The molecule has 2 aromatic carbocycles. The molecule has 0 atom stereocenters. The topological polar surface area (TPSA) is 114 Å². The van der Waals surface area contributed by atoms with Crippen molar-refractivity contribution >= 4 is 39.5 Å². The Balaban J connectivity index is 1.58. The number of nitrogens with zero attached hydrogens (tertiary/aromatic N) is 1. The molecule has 0 saturated carbocycles. The Hall–Kier alpha value is -3.08. The average Bonchev–Trinajstić information content (AvgIpc) is 2.86. The molecular weight excluding hydrogens is 494 g/mol. The van der Waals surface area contributed by atoms with Gasteiger partial charge in [-0.3, -0.25) is 20.4 Å². The van der Waals surface area contributed by atoms with Gasteiger partial charge in [0, 0.05) is 24.2 Å². The van der Waals surface area contributed by atoms with Gasteiger partial charge in [0.05, 0.1) is 7.11 Å². The Labute approximate surface area is 210 Å². The summed E-state index contributed by atoms with van der Waals surface area (Å²) in [6.45, 7) is 2.43. The van der Waals surface area contributed by atoms with Gasteiger partial charge in [0.2, 0.25) is 10.0 Å². The Kier molecular flexibility index (Phi) is 9.13. The largest absolute Gasteiger partial charge is 0.495 e. The maximum absolute atomic E-state index is 13.1. The molecule has 0 unspecified atom stereocenters. The van der Waals surface area contributed by atoms with Gasteiger partial charge in [-0.25, -0.2) is 8.42 Å². The van der Waals surface area contributed by atoms with E-state index in [4.69, 9.17) is 21.1 Å². The minimum Gasteiger partial charge on any atom is -0.495 e. The maximum Gasteiger partial charge on any atom is 0.276 e. The van der Waals surface area contributed by atoms with E-state index in [9.17, 15) is 18.0 Å². The molecule has 188 valence electrons. The molecule has 0 aromatic heterocycles. The van der Waals surface area contributed by atoms with Gasteiger partial charge in [0.15, 0.2) is 6.61 Å². The molecule has 2 aromatic rings. The number of benzene rings is 2. The predicted octanol–water partition coefficient (Wildman–Crippen LogP) is 3.07. The molecule has 2 amide bonds. The second-order valence-electron chi connectivity index (χ2n) is 7.94. The van der Waals surface area contributed by atoms with Crippen molar-refractivity contribution in [2.24, 2.45) is 0 Å². The van der Waals surface area contributed by atoms with E-state index in [0.29, 0.717) is 29.4 Å². The summed E-state index contributed by atoms with van der Waals surface area (Å²) in [5, 5.41) is 0.562. The maximum atomic E-state index is 13.1. The molecule has 11 heteroatoms. The summed E-state index contributed by atoms with van der Waals surface area (Å²) >= 11 is 5.89. The van der Waals surface area contributed by atoms with Crippen molar-refractivity contribution < 1.29 is 27.5 Å². The number of piperidine rings is 1. The Morgan fingerprint density at radius 3 is 2.46 bits per heavy atom. The number of aryl methyl sites for hydroxylation is 1. The molecule has 1 saturated heterocycles. The molecule has 0 aliphatic carbocycles. The van der Waals surface area contributed by atoms with E-state index in [1.807, 2.05) is 0 Å². The normalized spacial score (nSPS) is 14.5. The van der Waals surface area contributed by atoms with Crippen LogP contribution in [0.1, 0.15) is 30.4 Å². The van der Waals surface area contributed by atoms with Crippen LogP contribution in [0.15, 0.2) is 47.4 Å². The first kappa shape index (κ1) is 26.5. The lowest BCUT2D eigenvalue weighted by atomic mass is 10.2. The fourth-order valence-electron chi connectivity index (χ4n) is 3.54. The molecule has 9 nitrogen and oxygen atoms in total. The van der Waals surface area contributed by atoms with Gasteiger partial charge in [-0.1, -0.05) is 24.1 Å². The van der Waals surface area contributed by atoms with E-state index in [2.05, 4.69) is 10.9 Å². The quantitative estimate of drug-likeness (QED) is 0.407. The van der Waals surface area contributed by atoms with Crippen molar-refractivity contribution in [3.8, 4) is 11.5 Å². The van der Waals surface area contributed by atoms with Crippen molar-refractivity contribution in [3.63, 3.8) is 0 Å². The second kappa shape index (κ2) is 12.1. The van der Waals surface area contributed by atoms with Crippen molar-refractivity contribution in [3.05, 3.63) is 58.6 Å². The van der Waals surface area contributed by atoms with E-state index >= 15 is 0 Å². The zero-order valence-corrected chi connectivity index (χ0v) is 21.1. The number of hydrazine groups is 1. The molecule has 1 heterocycles. The summed E-state index contributed by atoms with van der Waals surface area (Å²) in [6.07, 6.45) is 5.27. The van der Waals surface area contributed by atoms with Crippen molar-refractivity contribution in [1.82, 2.24) is 15.2 Å². The monoisotopic (exact) mass is 521 g/mol. The van der Waals surface area contributed by atoms with Gasteiger partial charge in [-0.2, -0.15) is 4.31 Å². The third-order valence-corrected chi connectivity index (χ3v) is 7.52. The first-order valence-electron chi connectivity index (χ1n) is 11.0. The van der Waals surface area contributed by atoms with Crippen LogP contribution in [-0.2, 0) is 19.6 Å². The van der Waals surface area contributed by atoms with E-state index < -0.39 is 21.8 Å². The lowest BCUT2D eigenvalue weighted by Crippen LogP contribution is -2.43. The molecule has 0 spiro atoms. The number of ether oxygens (including phenoxy) is 2. The standard InChI is InChI=1S/C24H28ClN3O6S/c1-17-14-19(25)8-10-20(17)34-16-24(30)27-26-23(29)11-7-18-6-9-21(33-2)22(15-18)35(31,32)28-12-4-3-5-13-28/h6-11,14-15H,3-5,12-13,16H2,1-2H3,(H,26,29)(H,27,30). The number of sulfonamides is 1. The van der Waals surface area contributed by atoms with Crippen molar-refractivity contribution in [1.29, 1.82) is 0 Å². The van der Waals surface area contributed by atoms with Gasteiger partial charge >= 0.3 is 0 Å². The Morgan fingerprint density at radius 2 is 1.77 bits per heavy atom. The number of methoxy groups -OCH3 is 1. The highest BCUT2D eigenvalue weighted by Crippen LogP contribution is 2.30. The van der Waals surface area contributed by atoms with Crippen molar-refractivity contribution in [2.45, 2.75) is 31.1 Å². The molecule has 0 bridgehead atoms. The van der Waals surface area contributed by atoms with E-state index in [1.54, 1.807) is 37.3 Å². The van der Waals surface area contributed by atoms with Crippen LogP contribution in [-0.4, -0.2) is 51.3 Å². The third kappa shape index (κ3) is 7.20. The van der Waals surface area contributed by atoms with Gasteiger partial charge in [-0.05, 0) is 67.3 Å².